The number of benzene rings is 1. The topological polar surface area (TPSA) is 69.7 Å². The molecule has 2 rings (SSSR count). The molecule has 0 spiro atoms. The number of rotatable bonds is 7. The zero-order valence-corrected chi connectivity index (χ0v) is 19.0. The predicted octanol–water partition coefficient (Wildman–Crippen LogP) is 3.08. The Morgan fingerprint density at radius 1 is 1.36 bits per heavy atom. The number of piperidine rings is 1. The molecule has 1 unspecified atom stereocenters. The van der Waals surface area contributed by atoms with Gasteiger partial charge in [-0.3, -0.25) is 4.79 Å². The Morgan fingerprint density at radius 2 is 2.04 bits per heavy atom. The van der Waals surface area contributed by atoms with Crippen molar-refractivity contribution in [2.45, 2.75) is 38.5 Å². The maximum atomic E-state index is 13.1. The van der Waals surface area contributed by atoms with Crippen LogP contribution in [0.1, 0.15) is 44.0 Å². The summed E-state index contributed by atoms with van der Waals surface area (Å²) in [6, 6.07) is 4.45. The molecule has 1 N–H and O–H groups in total. The van der Waals surface area contributed by atoms with Gasteiger partial charge in [-0.2, -0.15) is 4.31 Å². The maximum Gasteiger partial charge on any atom is 0.251 e. The van der Waals surface area contributed by atoms with Crippen LogP contribution in [0.3, 0.4) is 0 Å². The third-order valence-corrected chi connectivity index (χ3v) is 7.25. The fraction of sp³-hybridized carbons (Fsp3) is 0.650. The summed E-state index contributed by atoms with van der Waals surface area (Å²) in [5.41, 5.74) is 0.193. The van der Waals surface area contributed by atoms with Crippen LogP contribution in [0.2, 0.25) is 5.02 Å². The lowest BCUT2D eigenvalue weighted by Gasteiger charge is -2.30. The van der Waals surface area contributed by atoms with Crippen molar-refractivity contribution in [3.05, 3.63) is 28.8 Å². The molecule has 158 valence electrons. The van der Waals surface area contributed by atoms with Crippen LogP contribution in [0.5, 0.6) is 0 Å². The van der Waals surface area contributed by atoms with E-state index < -0.39 is 10.0 Å². The van der Waals surface area contributed by atoms with E-state index in [0.29, 0.717) is 31.1 Å². The first-order chi connectivity index (χ1) is 12.9. The number of sulfonamides is 1. The van der Waals surface area contributed by atoms with Crippen LogP contribution in [-0.4, -0.2) is 63.8 Å². The molecule has 28 heavy (non-hydrogen) atoms. The van der Waals surface area contributed by atoms with Crippen molar-refractivity contribution in [3.8, 4) is 0 Å². The second kappa shape index (κ2) is 9.11. The van der Waals surface area contributed by atoms with Crippen LogP contribution in [0.4, 0.5) is 0 Å². The summed E-state index contributed by atoms with van der Waals surface area (Å²) < 4.78 is 27.6. The van der Waals surface area contributed by atoms with Crippen molar-refractivity contribution in [1.82, 2.24) is 14.5 Å². The van der Waals surface area contributed by atoms with Gasteiger partial charge in [0.05, 0.1) is 5.02 Å². The third kappa shape index (κ3) is 5.92. The number of amides is 1. The highest BCUT2D eigenvalue weighted by Crippen LogP contribution is 2.29. The Kier molecular flexibility index (Phi) is 7.53. The Labute approximate surface area is 174 Å². The van der Waals surface area contributed by atoms with Crippen LogP contribution in [0.15, 0.2) is 23.1 Å². The highest BCUT2D eigenvalue weighted by Gasteiger charge is 2.31. The second-order valence-corrected chi connectivity index (χ2v) is 11.2. The smallest absolute Gasteiger partial charge is 0.251 e. The average molecular weight is 430 g/mol. The van der Waals surface area contributed by atoms with Gasteiger partial charge in [0.25, 0.3) is 5.91 Å². The SMILES string of the molecule is CC1CCCN(S(=O)(=O)c2cc(C(=O)NCC(C)(C)CN(C)C)ccc2Cl)C1. The molecule has 1 amide bonds. The van der Waals surface area contributed by atoms with Gasteiger partial charge < -0.3 is 10.2 Å². The van der Waals surface area contributed by atoms with Crippen molar-refractivity contribution in [2.75, 3.05) is 40.3 Å². The van der Waals surface area contributed by atoms with Crippen LogP contribution in [0.25, 0.3) is 0 Å². The van der Waals surface area contributed by atoms with Crippen LogP contribution in [-0.2, 0) is 10.0 Å². The second-order valence-electron chi connectivity index (χ2n) is 8.84. The summed E-state index contributed by atoms with van der Waals surface area (Å²) in [6.45, 7) is 8.46. The Bertz CT molecular complexity index is 809. The van der Waals surface area contributed by atoms with Crippen molar-refractivity contribution in [1.29, 1.82) is 0 Å². The summed E-state index contributed by atoms with van der Waals surface area (Å²) in [5.74, 6) is 0.0136. The van der Waals surface area contributed by atoms with Gasteiger partial charge in [0.1, 0.15) is 4.90 Å². The van der Waals surface area contributed by atoms with E-state index in [1.54, 1.807) is 6.07 Å². The molecule has 1 fully saturated rings. The van der Waals surface area contributed by atoms with Gasteiger partial charge in [-0.15, -0.1) is 0 Å². The molecule has 0 saturated carbocycles. The first-order valence-corrected chi connectivity index (χ1v) is 11.5. The summed E-state index contributed by atoms with van der Waals surface area (Å²) in [7, 11) is 0.249. The minimum absolute atomic E-state index is 0.00321. The lowest BCUT2D eigenvalue weighted by Crippen LogP contribution is -2.40. The van der Waals surface area contributed by atoms with Gasteiger partial charge >= 0.3 is 0 Å². The minimum Gasteiger partial charge on any atom is -0.351 e. The zero-order valence-electron chi connectivity index (χ0n) is 17.5. The van der Waals surface area contributed by atoms with Gasteiger partial charge in [0, 0.05) is 31.7 Å². The molecule has 1 heterocycles. The first-order valence-electron chi connectivity index (χ1n) is 9.65. The molecule has 1 aromatic rings. The van der Waals surface area contributed by atoms with E-state index in [1.165, 1.54) is 16.4 Å². The van der Waals surface area contributed by atoms with E-state index in [9.17, 15) is 13.2 Å². The fourth-order valence-corrected chi connectivity index (χ4v) is 5.78. The molecule has 6 nitrogen and oxygen atoms in total. The van der Waals surface area contributed by atoms with Crippen molar-refractivity contribution in [2.24, 2.45) is 11.3 Å². The van der Waals surface area contributed by atoms with Crippen LogP contribution in [0, 0.1) is 11.3 Å². The molecular formula is C20H32ClN3O3S. The van der Waals surface area contributed by atoms with Gasteiger partial charge in [-0.05, 0) is 56.5 Å². The molecule has 1 aromatic carbocycles. The monoisotopic (exact) mass is 429 g/mol. The largest absolute Gasteiger partial charge is 0.351 e. The first kappa shape index (κ1) is 23.1. The summed E-state index contributed by atoms with van der Waals surface area (Å²) in [6.07, 6.45) is 1.85. The number of nitrogens with zero attached hydrogens (tertiary/aromatic N) is 2. The van der Waals surface area contributed by atoms with E-state index in [-0.39, 0.29) is 21.2 Å². The highest BCUT2D eigenvalue weighted by atomic mass is 35.5. The molecule has 0 bridgehead atoms. The van der Waals surface area contributed by atoms with Crippen molar-refractivity contribution < 1.29 is 13.2 Å². The van der Waals surface area contributed by atoms with Crippen molar-refractivity contribution >= 4 is 27.5 Å². The van der Waals surface area contributed by atoms with E-state index in [2.05, 4.69) is 24.1 Å². The van der Waals surface area contributed by atoms with Gasteiger partial charge in [0.2, 0.25) is 10.0 Å². The normalized spacial score (nSPS) is 19.0. The molecule has 8 heteroatoms. The van der Waals surface area contributed by atoms with E-state index >= 15 is 0 Å². The standard InChI is InChI=1S/C20H32ClN3O3S/c1-15-7-6-10-24(12-15)28(26,27)18-11-16(8-9-17(18)21)19(25)22-13-20(2,3)14-23(4)5/h8-9,11,15H,6-7,10,12-14H2,1-5H3,(H,22,25). The lowest BCUT2D eigenvalue weighted by molar-refractivity contribution is 0.0929. The number of hydrogen-bond acceptors (Lipinski definition) is 4. The van der Waals surface area contributed by atoms with Gasteiger partial charge in [-0.1, -0.05) is 32.4 Å². The molecule has 1 aliphatic heterocycles. The summed E-state index contributed by atoms with van der Waals surface area (Å²) in [4.78, 5) is 14.7. The van der Waals surface area contributed by atoms with Crippen LogP contribution >= 0.6 is 11.6 Å². The van der Waals surface area contributed by atoms with E-state index in [0.717, 1.165) is 19.4 Å². The number of halogens is 1. The number of carbonyl (C=O) groups is 1. The minimum atomic E-state index is -3.73. The summed E-state index contributed by atoms with van der Waals surface area (Å²) >= 11 is 6.20. The van der Waals surface area contributed by atoms with E-state index in [1.807, 2.05) is 21.0 Å². The Morgan fingerprint density at radius 3 is 2.64 bits per heavy atom. The molecule has 1 atom stereocenters. The average Bonchev–Trinajstić information content (AvgIpc) is 2.59. The lowest BCUT2D eigenvalue weighted by atomic mass is 9.93. The van der Waals surface area contributed by atoms with E-state index in [4.69, 9.17) is 11.6 Å². The van der Waals surface area contributed by atoms with Crippen molar-refractivity contribution in [3.63, 3.8) is 0 Å². The molecular weight excluding hydrogens is 398 g/mol. The molecule has 0 radical (unpaired) electrons. The molecule has 0 aliphatic carbocycles. The number of carbonyl (C=O) groups excluding carboxylic acids is 1. The molecule has 1 saturated heterocycles. The third-order valence-electron chi connectivity index (χ3n) is 4.90. The highest BCUT2D eigenvalue weighted by molar-refractivity contribution is 7.89. The zero-order chi connectivity index (χ0) is 21.1. The Balaban J connectivity index is 2.19. The number of nitrogens with one attached hydrogen (secondary N) is 1. The van der Waals surface area contributed by atoms with Gasteiger partial charge in [-0.25, -0.2) is 8.42 Å². The van der Waals surface area contributed by atoms with Crippen LogP contribution < -0.4 is 5.32 Å². The Hall–Kier alpha value is -1.15. The summed E-state index contributed by atoms with van der Waals surface area (Å²) in [5, 5.41) is 3.05. The maximum absolute atomic E-state index is 13.1. The van der Waals surface area contributed by atoms with Gasteiger partial charge in [0.15, 0.2) is 0 Å². The quantitative estimate of drug-likeness (QED) is 0.723. The number of hydrogen-bond donors (Lipinski definition) is 1. The molecule has 1 aliphatic rings. The predicted molar refractivity (Wildman–Crippen MR) is 113 cm³/mol. The fourth-order valence-electron chi connectivity index (χ4n) is 3.68. The molecule has 0 aromatic heterocycles.